The summed E-state index contributed by atoms with van der Waals surface area (Å²) in [5.41, 5.74) is 4.21. The van der Waals surface area contributed by atoms with E-state index in [0.717, 1.165) is 23.8 Å². The van der Waals surface area contributed by atoms with Gasteiger partial charge in [0.1, 0.15) is 23.7 Å². The Labute approximate surface area is 471 Å². The van der Waals surface area contributed by atoms with Gasteiger partial charge in [0.25, 0.3) is 17.7 Å². The molecule has 8 rings (SSSR count). The van der Waals surface area contributed by atoms with Gasteiger partial charge in [0.05, 0.1) is 6.20 Å². The van der Waals surface area contributed by atoms with Crippen molar-refractivity contribution in [2.45, 2.75) is 108 Å². The second-order valence-electron chi connectivity index (χ2n) is 20.7. The first-order valence-electron chi connectivity index (χ1n) is 26.7. The number of nitrogens with zero attached hydrogens (tertiary/aromatic N) is 5. The molecule has 0 unspecified atom stereocenters. The van der Waals surface area contributed by atoms with Crippen LogP contribution in [0.5, 0.6) is 0 Å². The topological polar surface area (TPSA) is 272 Å². The van der Waals surface area contributed by atoms with Crippen molar-refractivity contribution >= 4 is 99.3 Å². The van der Waals surface area contributed by atoms with Crippen LogP contribution in [-0.2, 0) is 44.9 Å². The summed E-state index contributed by atoms with van der Waals surface area (Å²) in [5.74, 6) is -5.99. The van der Waals surface area contributed by atoms with Crippen LogP contribution in [0, 0.1) is 23.6 Å². The molecule has 4 heterocycles. The van der Waals surface area contributed by atoms with Gasteiger partial charge in [-0.05, 0) is 124 Å². The van der Waals surface area contributed by atoms with Gasteiger partial charge in [-0.3, -0.25) is 38.4 Å². The molecule has 0 radical (unpaired) electrons. The molecule has 1 saturated carbocycles. The zero-order valence-corrected chi connectivity index (χ0v) is 46.3. The molecule has 23 heteroatoms. The number of likely N-dealkylation sites (tertiary alicyclic amines) is 1. The number of amides is 9. The van der Waals surface area contributed by atoms with Crippen LogP contribution in [-0.4, -0.2) is 108 Å². The molecule has 6 N–H and O–H groups in total. The number of fused-ring (bicyclic) bond motifs is 1. The lowest BCUT2D eigenvalue weighted by Gasteiger charge is -2.31. The highest BCUT2D eigenvalue weighted by Gasteiger charge is 2.39. The number of anilines is 5. The predicted octanol–water partition coefficient (Wildman–Crippen LogP) is 7.85. The van der Waals surface area contributed by atoms with Crippen LogP contribution in [0.25, 0.3) is 5.65 Å². The molecule has 2 aliphatic heterocycles. The fourth-order valence-corrected chi connectivity index (χ4v) is 10.6. The van der Waals surface area contributed by atoms with Crippen molar-refractivity contribution in [2.24, 2.45) is 17.8 Å². The van der Waals surface area contributed by atoms with E-state index in [1.54, 1.807) is 97.7 Å². The molecule has 2 atom stereocenters. The van der Waals surface area contributed by atoms with Gasteiger partial charge >= 0.3 is 6.09 Å². The third kappa shape index (κ3) is 14.4. The van der Waals surface area contributed by atoms with Crippen LogP contribution in [0.4, 0.5) is 37.8 Å². The Hall–Kier alpha value is -8.73. The van der Waals surface area contributed by atoms with E-state index in [9.17, 15) is 43.2 Å². The standard InChI is InChI=1S/C58H64FN11O10S/c1-7-45(71)62-39-21-17-37(18-22-39)53(75)65-42-10-8-9-41(29-42)63-51-48(59)56(67-50-44(32(2)3)30-60-70(50)51)81-43-25-27-68(28-26-43)58(79)80-31-35-11-19-40(20-12-35)64-52(74)34(6)61-55(77)49(33(4)5)66-54(76)36-13-15-38(16-14-36)57(78)69-46(72)23-24-47(69)73/h7-12,17-24,29-30,32-34,36,38,43,49,63H,1,13-16,25-28,31H2,2-6H3,(H,61,77)(H,62,71)(H,64,74)(H,65,75)(H,66,76)/t34-,36?,38?,49-/m0/s1. The molecule has 424 valence electrons. The minimum absolute atomic E-state index is 0.0329. The number of piperidine rings is 1. The summed E-state index contributed by atoms with van der Waals surface area (Å²) in [6.07, 6.45) is 6.78. The average molecular weight is 1130 g/mol. The average Bonchev–Trinajstić information content (AvgIpc) is 4.30. The first-order chi connectivity index (χ1) is 38.8. The molecule has 1 saturated heterocycles. The second-order valence-corrected chi connectivity index (χ2v) is 22.0. The number of nitrogens with one attached hydrogen (secondary N) is 6. The maximum atomic E-state index is 16.7. The number of benzene rings is 3. The molecule has 0 bridgehead atoms. The number of carbonyl (C=O) groups excluding carboxylic acids is 9. The molecule has 1 aliphatic carbocycles. The number of rotatable bonds is 19. The van der Waals surface area contributed by atoms with Gasteiger partial charge in [-0.25, -0.2) is 14.7 Å². The quantitative estimate of drug-likeness (QED) is 0.0261. The van der Waals surface area contributed by atoms with Gasteiger partial charge in [0, 0.05) is 76.2 Å². The number of hydrogen-bond acceptors (Lipinski definition) is 14. The number of ether oxygens (including phenoxy) is 1. The predicted molar refractivity (Wildman–Crippen MR) is 302 cm³/mol. The molecule has 81 heavy (non-hydrogen) atoms. The Morgan fingerprint density at radius 1 is 0.765 bits per heavy atom. The van der Waals surface area contributed by atoms with Gasteiger partial charge in [-0.1, -0.05) is 64.2 Å². The Kier molecular flexibility index (Phi) is 18.8. The molecule has 9 amide bonds. The summed E-state index contributed by atoms with van der Waals surface area (Å²) in [6, 6.07) is 18.0. The highest BCUT2D eigenvalue weighted by Crippen LogP contribution is 2.37. The molecule has 5 aromatic rings. The summed E-state index contributed by atoms with van der Waals surface area (Å²) >= 11 is 1.29. The first-order valence-corrected chi connectivity index (χ1v) is 27.6. The molecule has 2 fully saturated rings. The summed E-state index contributed by atoms with van der Waals surface area (Å²) in [4.78, 5) is 122. The minimum Gasteiger partial charge on any atom is -0.445 e. The highest BCUT2D eigenvalue weighted by molar-refractivity contribution is 7.99. The summed E-state index contributed by atoms with van der Waals surface area (Å²) < 4.78 is 23.8. The highest BCUT2D eigenvalue weighted by atomic mass is 32.2. The summed E-state index contributed by atoms with van der Waals surface area (Å²) in [6.45, 7) is 13.2. The van der Waals surface area contributed by atoms with Crippen LogP contribution in [0.3, 0.4) is 0 Å². The number of imide groups is 3. The monoisotopic (exact) mass is 1130 g/mol. The minimum atomic E-state index is -0.981. The number of thioether (sulfide) groups is 1. The molecule has 2 aromatic heterocycles. The van der Waals surface area contributed by atoms with Gasteiger partial charge in [-0.15, -0.1) is 0 Å². The first kappa shape index (κ1) is 58.4. The third-order valence-corrected chi connectivity index (χ3v) is 15.5. The van der Waals surface area contributed by atoms with E-state index in [2.05, 4.69) is 43.6 Å². The van der Waals surface area contributed by atoms with E-state index in [1.807, 2.05) is 13.8 Å². The molecular weight excluding hydrogens is 1060 g/mol. The largest absolute Gasteiger partial charge is 0.445 e. The second kappa shape index (κ2) is 26.0. The van der Waals surface area contributed by atoms with Crippen molar-refractivity contribution in [3.8, 4) is 0 Å². The lowest BCUT2D eigenvalue weighted by Crippen LogP contribution is -2.54. The number of halogens is 1. The Balaban J connectivity index is 0.788. The SMILES string of the molecule is C=CC(=O)Nc1ccc(C(=O)Nc2cccc(Nc3c(F)c(SC4CCN(C(=O)OCc5ccc(NC(=O)[C@H](C)NC(=O)[C@@H](NC(=O)C6CCC(C(=O)N7C(=O)C=CC7=O)CC6)C(C)C)cc5)CC4)nc4c(C(C)C)cnn34)c2)cc1. The van der Waals surface area contributed by atoms with E-state index in [4.69, 9.17) is 9.72 Å². The molecule has 3 aliphatic rings. The lowest BCUT2D eigenvalue weighted by atomic mass is 9.80. The van der Waals surface area contributed by atoms with E-state index in [-0.39, 0.29) is 52.3 Å². The van der Waals surface area contributed by atoms with Crippen molar-refractivity contribution in [3.63, 3.8) is 0 Å². The normalized spacial score (nSPS) is 17.1. The van der Waals surface area contributed by atoms with Gasteiger partial charge in [0.2, 0.25) is 29.5 Å². The number of carbonyl (C=O) groups is 9. The van der Waals surface area contributed by atoms with Gasteiger partial charge in [0.15, 0.2) is 17.3 Å². The molecule has 3 aromatic carbocycles. The third-order valence-electron chi connectivity index (χ3n) is 14.2. The summed E-state index contributed by atoms with van der Waals surface area (Å²) in [7, 11) is 0. The van der Waals surface area contributed by atoms with Crippen molar-refractivity contribution in [3.05, 3.63) is 126 Å². The van der Waals surface area contributed by atoms with Crippen LogP contribution in [0.1, 0.15) is 101 Å². The lowest BCUT2D eigenvalue weighted by molar-refractivity contribution is -0.152. The zero-order chi connectivity index (χ0) is 58.1. The van der Waals surface area contributed by atoms with Gasteiger partial charge < -0.3 is 41.5 Å². The van der Waals surface area contributed by atoms with E-state index >= 15 is 4.39 Å². The molecule has 21 nitrogen and oxygen atoms in total. The van der Waals surface area contributed by atoms with Crippen LogP contribution in [0.15, 0.2) is 109 Å². The van der Waals surface area contributed by atoms with Gasteiger partial charge in [-0.2, -0.15) is 14.0 Å². The Morgan fingerprint density at radius 3 is 2.04 bits per heavy atom. The fourth-order valence-electron chi connectivity index (χ4n) is 9.54. The van der Waals surface area contributed by atoms with E-state index < -0.39 is 65.4 Å². The fraction of sp³-hybridized carbons (Fsp3) is 0.362. The summed E-state index contributed by atoms with van der Waals surface area (Å²) in [5, 5.41) is 21.5. The maximum absolute atomic E-state index is 16.7. The van der Waals surface area contributed by atoms with E-state index in [0.29, 0.717) is 96.0 Å². The smallest absolute Gasteiger partial charge is 0.410 e. The van der Waals surface area contributed by atoms with E-state index in [1.165, 1.54) is 23.2 Å². The van der Waals surface area contributed by atoms with Crippen molar-refractivity contribution in [1.82, 2.24) is 35.0 Å². The number of hydrogen-bond donors (Lipinski definition) is 6. The Bertz CT molecular complexity index is 3260. The van der Waals surface area contributed by atoms with Crippen molar-refractivity contribution < 1.29 is 52.3 Å². The van der Waals surface area contributed by atoms with Crippen molar-refractivity contribution in [2.75, 3.05) is 34.4 Å². The zero-order valence-electron chi connectivity index (χ0n) is 45.5. The maximum Gasteiger partial charge on any atom is 0.410 e. The number of aromatic nitrogens is 3. The Morgan fingerprint density at radius 2 is 1.40 bits per heavy atom. The van der Waals surface area contributed by atoms with Crippen LogP contribution >= 0.6 is 11.8 Å². The van der Waals surface area contributed by atoms with Crippen LogP contribution in [0.2, 0.25) is 0 Å². The van der Waals surface area contributed by atoms with Crippen molar-refractivity contribution in [1.29, 1.82) is 0 Å². The molecular formula is C58H64FN11O10S. The molecule has 0 spiro atoms. The van der Waals surface area contributed by atoms with Crippen LogP contribution < -0.4 is 31.9 Å².